The minimum absolute atomic E-state index is 0.187. The van der Waals surface area contributed by atoms with Crippen LogP contribution in [-0.4, -0.2) is 59.1 Å². The summed E-state index contributed by atoms with van der Waals surface area (Å²) in [5.74, 6) is 0.720. The van der Waals surface area contributed by atoms with Crippen LogP contribution in [0.2, 0.25) is 0 Å². The average Bonchev–Trinajstić information content (AvgIpc) is 3.48. The number of hydrogen-bond donors (Lipinski definition) is 2. The first kappa shape index (κ1) is 28.2. The van der Waals surface area contributed by atoms with Gasteiger partial charge in [0.1, 0.15) is 17.2 Å². The zero-order valence-corrected chi connectivity index (χ0v) is 24.3. The van der Waals surface area contributed by atoms with Crippen LogP contribution in [0.15, 0.2) is 54.7 Å². The van der Waals surface area contributed by atoms with Gasteiger partial charge in [-0.3, -0.25) is 0 Å². The quantitative estimate of drug-likeness (QED) is 0.280. The molecule has 0 saturated carbocycles. The molecule has 0 amide bonds. The van der Waals surface area contributed by atoms with Crippen molar-refractivity contribution in [1.29, 1.82) is 0 Å². The minimum atomic E-state index is -3.22. The molecule has 0 unspecified atom stereocenters. The molecule has 2 N–H and O–H groups in total. The van der Waals surface area contributed by atoms with E-state index in [1.54, 1.807) is 38.6 Å². The molecule has 5 rings (SSSR count). The molecule has 41 heavy (non-hydrogen) atoms. The van der Waals surface area contributed by atoms with E-state index in [4.69, 9.17) is 19.4 Å². The molecule has 12 nitrogen and oxygen atoms in total. The number of sulfone groups is 1. The first-order valence-electron chi connectivity index (χ1n) is 12.9. The predicted octanol–water partition coefficient (Wildman–Crippen LogP) is 4.74. The molecule has 0 spiro atoms. The summed E-state index contributed by atoms with van der Waals surface area (Å²) in [6, 6.07) is 15.0. The van der Waals surface area contributed by atoms with Crippen molar-refractivity contribution >= 4 is 38.8 Å². The maximum absolute atomic E-state index is 12.1. The second-order valence-electron chi connectivity index (χ2n) is 10.7. The number of para-hydroxylation sites is 1. The highest BCUT2D eigenvalue weighted by molar-refractivity contribution is 7.90. The Morgan fingerprint density at radius 3 is 2.49 bits per heavy atom. The van der Waals surface area contributed by atoms with Gasteiger partial charge in [0.15, 0.2) is 9.84 Å². The molecule has 0 fully saturated rings. The molecule has 1 aliphatic rings. The topological polar surface area (TPSA) is 136 Å². The van der Waals surface area contributed by atoms with Crippen molar-refractivity contribution in [3.05, 3.63) is 65.9 Å². The Hall–Kier alpha value is -4.36. The van der Waals surface area contributed by atoms with Crippen LogP contribution in [0.1, 0.15) is 31.9 Å². The fourth-order valence-electron chi connectivity index (χ4n) is 4.45. The molecular formula is C28H32N6O6S. The summed E-state index contributed by atoms with van der Waals surface area (Å²) >= 11 is 0. The van der Waals surface area contributed by atoms with Crippen LogP contribution in [0, 0.1) is 0 Å². The Bertz CT molecular complexity index is 1710. The van der Waals surface area contributed by atoms with Gasteiger partial charge in [0.25, 0.3) is 0 Å². The van der Waals surface area contributed by atoms with Gasteiger partial charge in [0.05, 0.1) is 43.3 Å². The van der Waals surface area contributed by atoms with E-state index in [0.717, 1.165) is 27.9 Å². The monoisotopic (exact) mass is 580 g/mol. The second kappa shape index (κ2) is 10.9. The Morgan fingerprint density at radius 2 is 1.78 bits per heavy atom. The van der Waals surface area contributed by atoms with Crippen LogP contribution in [0.25, 0.3) is 16.8 Å². The number of fused-ring (bicyclic) bond motifs is 2. The van der Waals surface area contributed by atoms with Crippen molar-refractivity contribution < 1.29 is 27.5 Å². The third-order valence-electron chi connectivity index (χ3n) is 6.18. The van der Waals surface area contributed by atoms with E-state index in [1.807, 2.05) is 48.5 Å². The number of ether oxygens (including phenoxy) is 2. The number of hydrogen-bond acceptors (Lipinski definition) is 11. The molecule has 4 aromatic rings. The third kappa shape index (κ3) is 6.69. The Labute approximate surface area is 238 Å². The lowest BCUT2D eigenvalue weighted by Gasteiger charge is -2.21. The number of methoxy groups -OCH3 is 1. The van der Waals surface area contributed by atoms with E-state index in [0.29, 0.717) is 36.2 Å². The summed E-state index contributed by atoms with van der Waals surface area (Å²) in [6.07, 6.45) is 2.12. The number of aromatic nitrogens is 3. The lowest BCUT2D eigenvalue weighted by Crippen LogP contribution is -2.29. The van der Waals surface area contributed by atoms with Crippen LogP contribution in [0.3, 0.4) is 0 Å². The average molecular weight is 581 g/mol. The van der Waals surface area contributed by atoms with Gasteiger partial charge < -0.3 is 24.9 Å². The number of hydroxylamine groups is 2. The number of benzene rings is 2. The van der Waals surface area contributed by atoms with Crippen molar-refractivity contribution in [2.24, 2.45) is 0 Å². The zero-order chi connectivity index (χ0) is 29.4. The van der Waals surface area contributed by atoms with E-state index >= 15 is 0 Å². The van der Waals surface area contributed by atoms with E-state index in [-0.39, 0.29) is 5.88 Å². The van der Waals surface area contributed by atoms with Crippen molar-refractivity contribution in [3.8, 4) is 17.0 Å². The van der Waals surface area contributed by atoms with Gasteiger partial charge in [-0.1, -0.05) is 18.2 Å². The number of carbonyl (C=O) groups excluding carboxylic acids is 1. The minimum Gasteiger partial charge on any atom is -0.495 e. The molecule has 3 heterocycles. The molecule has 0 bridgehead atoms. The number of carbonyl (C=O) groups is 1. The van der Waals surface area contributed by atoms with Gasteiger partial charge in [-0.25, -0.2) is 22.7 Å². The van der Waals surface area contributed by atoms with Gasteiger partial charge in [-0.15, -0.1) is 10.2 Å². The maximum Gasteiger partial charge on any atom is 0.528 e. The Kier molecular flexibility index (Phi) is 7.49. The largest absolute Gasteiger partial charge is 0.528 e. The van der Waals surface area contributed by atoms with Gasteiger partial charge >= 0.3 is 6.16 Å². The molecule has 0 saturated heterocycles. The highest BCUT2D eigenvalue weighted by Crippen LogP contribution is 2.35. The molecule has 13 heteroatoms. The number of nitrogens with one attached hydrogen (secondary N) is 2. The highest BCUT2D eigenvalue weighted by atomic mass is 32.2. The SMILES string of the molecule is COc1cc2c(cc1Nc1ncc3ccc(-c4ccccc4NCS(C)(=O)=O)n3n1)CN(OC(=O)OC(C)(C)C)C2. The first-order valence-corrected chi connectivity index (χ1v) is 14.9. The van der Waals surface area contributed by atoms with Crippen LogP contribution in [0.4, 0.5) is 22.1 Å². The first-order chi connectivity index (χ1) is 19.4. The van der Waals surface area contributed by atoms with Crippen molar-refractivity contribution in [2.45, 2.75) is 39.5 Å². The standard InChI is InChI=1S/C28H32N6O6S/c1-28(2,3)39-27(35)40-33-15-18-12-23(25(38-4)13-19(18)16-33)31-26-29-14-20-10-11-24(34(20)32-26)21-8-6-7-9-22(21)30-17-41(5,36)37/h6-14,30H,15-17H2,1-5H3,(H,31,32). The Balaban J connectivity index is 1.39. The summed E-state index contributed by atoms with van der Waals surface area (Å²) < 4.78 is 36.1. The van der Waals surface area contributed by atoms with Crippen molar-refractivity contribution in [1.82, 2.24) is 19.7 Å². The molecule has 0 atom stereocenters. The summed E-state index contributed by atoms with van der Waals surface area (Å²) in [5, 5.41) is 12.5. The Morgan fingerprint density at radius 1 is 1.05 bits per heavy atom. The fourth-order valence-corrected chi connectivity index (χ4v) is 4.87. The smallest absolute Gasteiger partial charge is 0.495 e. The van der Waals surface area contributed by atoms with E-state index < -0.39 is 21.6 Å². The van der Waals surface area contributed by atoms with E-state index in [1.165, 1.54) is 11.3 Å². The summed E-state index contributed by atoms with van der Waals surface area (Å²) in [7, 11) is -1.64. The third-order valence-corrected chi connectivity index (χ3v) is 6.85. The lowest BCUT2D eigenvalue weighted by molar-refractivity contribution is -0.147. The fraction of sp³-hybridized carbons (Fsp3) is 0.321. The molecule has 0 aliphatic carbocycles. The van der Waals surface area contributed by atoms with Crippen molar-refractivity contribution in [2.75, 3.05) is 29.9 Å². The summed E-state index contributed by atoms with van der Waals surface area (Å²) in [4.78, 5) is 22.0. The molecule has 216 valence electrons. The number of anilines is 3. The highest BCUT2D eigenvalue weighted by Gasteiger charge is 2.27. The van der Waals surface area contributed by atoms with Crippen molar-refractivity contribution in [3.63, 3.8) is 0 Å². The molecular weight excluding hydrogens is 548 g/mol. The van der Waals surface area contributed by atoms with Crippen LogP contribution >= 0.6 is 0 Å². The van der Waals surface area contributed by atoms with Gasteiger partial charge in [0, 0.05) is 17.5 Å². The predicted molar refractivity (Wildman–Crippen MR) is 155 cm³/mol. The lowest BCUT2D eigenvalue weighted by atomic mass is 10.1. The summed E-state index contributed by atoms with van der Waals surface area (Å²) in [5.41, 5.74) is 4.89. The molecule has 2 aromatic heterocycles. The number of nitrogens with zero attached hydrogens (tertiary/aromatic N) is 4. The molecule has 2 aromatic carbocycles. The normalized spacial score (nSPS) is 13.6. The molecule has 0 radical (unpaired) electrons. The zero-order valence-electron chi connectivity index (χ0n) is 23.5. The maximum atomic E-state index is 12.1. The van der Waals surface area contributed by atoms with Gasteiger partial charge in [0.2, 0.25) is 5.95 Å². The molecule has 1 aliphatic heterocycles. The van der Waals surface area contributed by atoms with Crippen LogP contribution in [-0.2, 0) is 32.5 Å². The second-order valence-corrected chi connectivity index (χ2v) is 12.9. The van der Waals surface area contributed by atoms with Gasteiger partial charge in [-0.05, 0) is 62.2 Å². The van der Waals surface area contributed by atoms with Crippen LogP contribution in [0.5, 0.6) is 5.75 Å². The van der Waals surface area contributed by atoms with E-state index in [2.05, 4.69) is 15.6 Å². The van der Waals surface area contributed by atoms with Gasteiger partial charge in [-0.2, -0.15) is 0 Å². The number of rotatable bonds is 8. The summed E-state index contributed by atoms with van der Waals surface area (Å²) in [6.45, 7) is 6.11. The van der Waals surface area contributed by atoms with E-state index in [9.17, 15) is 13.2 Å². The van der Waals surface area contributed by atoms with Crippen LogP contribution < -0.4 is 15.4 Å².